The average Bonchev–Trinajstić information content (AvgIpc) is 3.01. The molecular weight excluding hydrogens is 286 g/mol. The number of esters is 1. The van der Waals surface area contributed by atoms with E-state index in [2.05, 4.69) is 26.9 Å². The molecule has 1 saturated heterocycles. The smallest absolute Gasteiger partial charge is 0.351 e. The Morgan fingerprint density at radius 1 is 1.68 bits per heavy atom. The van der Waals surface area contributed by atoms with Gasteiger partial charge in [-0.15, -0.1) is 0 Å². The number of aromatic nitrogens is 1. The highest BCUT2D eigenvalue weighted by Crippen LogP contribution is 2.28. The lowest BCUT2D eigenvalue weighted by Crippen LogP contribution is -2.22. The maximum atomic E-state index is 11.4. The van der Waals surface area contributed by atoms with Gasteiger partial charge in [0.25, 0.3) is 0 Å². The highest BCUT2D eigenvalue weighted by Gasteiger charge is 2.22. The molecule has 0 radical (unpaired) electrons. The van der Waals surface area contributed by atoms with Crippen molar-refractivity contribution in [2.24, 2.45) is 5.92 Å². The molecule has 0 spiro atoms. The molecule has 1 fully saturated rings. The van der Waals surface area contributed by atoms with Crippen LogP contribution >= 0.6 is 22.9 Å². The molecule has 7 heteroatoms. The predicted octanol–water partition coefficient (Wildman–Crippen LogP) is 2.34. The summed E-state index contributed by atoms with van der Waals surface area (Å²) in [6.07, 6.45) is 1.20. The lowest BCUT2D eigenvalue weighted by atomic mass is 10.1. The maximum Gasteiger partial charge on any atom is 0.351 e. The van der Waals surface area contributed by atoms with Gasteiger partial charge in [0.05, 0.1) is 7.11 Å². The highest BCUT2D eigenvalue weighted by atomic mass is 35.5. The molecule has 106 valence electrons. The number of ether oxygens (including phenoxy) is 1. The Labute approximate surface area is 121 Å². The largest absolute Gasteiger partial charge is 0.465 e. The first-order valence-corrected chi connectivity index (χ1v) is 7.54. The normalized spacial score (nSPS) is 19.6. The van der Waals surface area contributed by atoms with Crippen LogP contribution in [0.4, 0.5) is 5.13 Å². The molecule has 1 N–H and O–H groups in total. The number of hydrogen-bond acceptors (Lipinski definition) is 6. The monoisotopic (exact) mass is 303 g/mol. The van der Waals surface area contributed by atoms with E-state index in [0.29, 0.717) is 15.9 Å². The molecule has 1 aliphatic rings. The topological polar surface area (TPSA) is 54.5 Å². The van der Waals surface area contributed by atoms with Crippen LogP contribution in [0.2, 0.25) is 5.15 Å². The Bertz CT molecular complexity index is 452. The predicted molar refractivity (Wildman–Crippen MR) is 77.2 cm³/mol. The number of anilines is 1. The van der Waals surface area contributed by atoms with Crippen LogP contribution in [0, 0.1) is 5.92 Å². The fourth-order valence-electron chi connectivity index (χ4n) is 2.19. The molecule has 0 aliphatic carbocycles. The van der Waals surface area contributed by atoms with E-state index in [1.807, 2.05) is 0 Å². The van der Waals surface area contributed by atoms with Crippen LogP contribution in [0.3, 0.4) is 0 Å². The van der Waals surface area contributed by atoms with Crippen LogP contribution in [0.1, 0.15) is 23.0 Å². The average molecular weight is 304 g/mol. The SMILES string of the molecule is CCN1CCC(CNc2nc(Cl)c(C(=O)OC)s2)C1. The third-order valence-corrected chi connectivity index (χ3v) is 4.69. The van der Waals surface area contributed by atoms with Crippen molar-refractivity contribution in [1.29, 1.82) is 0 Å². The first kappa shape index (κ1) is 14.6. The molecule has 0 aromatic carbocycles. The van der Waals surface area contributed by atoms with Crippen LogP contribution in [0.5, 0.6) is 0 Å². The summed E-state index contributed by atoms with van der Waals surface area (Å²) in [4.78, 5) is 18.3. The van der Waals surface area contributed by atoms with E-state index in [4.69, 9.17) is 11.6 Å². The van der Waals surface area contributed by atoms with Crippen molar-refractivity contribution in [3.8, 4) is 0 Å². The number of nitrogens with zero attached hydrogens (tertiary/aromatic N) is 2. The second kappa shape index (κ2) is 6.54. The van der Waals surface area contributed by atoms with Gasteiger partial charge in [0.15, 0.2) is 15.2 Å². The highest BCUT2D eigenvalue weighted by molar-refractivity contribution is 7.18. The number of carbonyl (C=O) groups excluding carboxylic acids is 1. The van der Waals surface area contributed by atoms with E-state index in [1.165, 1.54) is 24.9 Å². The Kier molecular flexibility index (Phi) is 5.01. The van der Waals surface area contributed by atoms with Crippen LogP contribution in [-0.2, 0) is 4.74 Å². The summed E-state index contributed by atoms with van der Waals surface area (Å²) in [5.41, 5.74) is 0. The molecule has 0 saturated carbocycles. The van der Waals surface area contributed by atoms with Gasteiger partial charge in [-0.1, -0.05) is 29.9 Å². The lowest BCUT2D eigenvalue weighted by Gasteiger charge is -2.13. The second-order valence-corrected chi connectivity index (χ2v) is 5.92. The lowest BCUT2D eigenvalue weighted by molar-refractivity contribution is 0.0606. The molecule has 5 nitrogen and oxygen atoms in total. The van der Waals surface area contributed by atoms with Crippen molar-refractivity contribution >= 4 is 34.0 Å². The second-order valence-electron chi connectivity index (χ2n) is 4.56. The summed E-state index contributed by atoms with van der Waals surface area (Å²) < 4.78 is 4.65. The quantitative estimate of drug-likeness (QED) is 0.846. The van der Waals surface area contributed by atoms with Gasteiger partial charge in [0.2, 0.25) is 0 Å². The van der Waals surface area contributed by atoms with Crippen molar-refractivity contribution in [1.82, 2.24) is 9.88 Å². The molecule has 2 heterocycles. The number of hydrogen-bond donors (Lipinski definition) is 1. The molecule has 0 amide bonds. The first-order valence-electron chi connectivity index (χ1n) is 6.35. The number of thiazole rings is 1. The van der Waals surface area contributed by atoms with E-state index in [0.717, 1.165) is 26.2 Å². The Hall–Kier alpha value is -0.850. The first-order chi connectivity index (χ1) is 9.13. The van der Waals surface area contributed by atoms with E-state index >= 15 is 0 Å². The molecular formula is C12H18ClN3O2S. The summed E-state index contributed by atoms with van der Waals surface area (Å²) in [5, 5.41) is 4.15. The van der Waals surface area contributed by atoms with Crippen LogP contribution < -0.4 is 5.32 Å². The minimum atomic E-state index is -0.437. The molecule has 0 bridgehead atoms. The van der Waals surface area contributed by atoms with Gasteiger partial charge in [-0.25, -0.2) is 9.78 Å². The fourth-order valence-corrected chi connectivity index (χ4v) is 3.30. The Morgan fingerprint density at radius 3 is 3.11 bits per heavy atom. The van der Waals surface area contributed by atoms with Gasteiger partial charge in [-0.3, -0.25) is 0 Å². The molecule has 1 aromatic heterocycles. The van der Waals surface area contributed by atoms with Gasteiger partial charge in [-0.2, -0.15) is 0 Å². The van der Waals surface area contributed by atoms with E-state index in [9.17, 15) is 4.79 Å². The number of nitrogens with one attached hydrogen (secondary N) is 1. The number of rotatable bonds is 5. The minimum absolute atomic E-state index is 0.209. The molecule has 1 aliphatic heterocycles. The zero-order chi connectivity index (χ0) is 13.8. The van der Waals surface area contributed by atoms with Crippen LogP contribution in [0.25, 0.3) is 0 Å². The molecule has 2 rings (SSSR count). The van der Waals surface area contributed by atoms with Crippen molar-refractivity contribution in [3.05, 3.63) is 10.0 Å². The van der Waals surface area contributed by atoms with Gasteiger partial charge in [0, 0.05) is 13.1 Å². The summed E-state index contributed by atoms with van der Waals surface area (Å²) in [6.45, 7) is 6.42. The summed E-state index contributed by atoms with van der Waals surface area (Å²) in [6, 6.07) is 0. The van der Waals surface area contributed by atoms with Gasteiger partial charge in [-0.05, 0) is 25.4 Å². The third-order valence-electron chi connectivity index (χ3n) is 3.32. The van der Waals surface area contributed by atoms with E-state index in [-0.39, 0.29) is 5.15 Å². The summed E-state index contributed by atoms with van der Waals surface area (Å²) in [5.74, 6) is 0.192. The Balaban J connectivity index is 1.88. The van der Waals surface area contributed by atoms with Crippen LogP contribution in [-0.4, -0.2) is 49.1 Å². The zero-order valence-corrected chi connectivity index (χ0v) is 12.7. The number of halogens is 1. The molecule has 1 atom stereocenters. The maximum absolute atomic E-state index is 11.4. The summed E-state index contributed by atoms with van der Waals surface area (Å²) >= 11 is 7.15. The van der Waals surface area contributed by atoms with Crippen molar-refractivity contribution in [2.45, 2.75) is 13.3 Å². The number of likely N-dealkylation sites (tertiary alicyclic amines) is 1. The Morgan fingerprint density at radius 2 is 2.47 bits per heavy atom. The van der Waals surface area contributed by atoms with Crippen molar-refractivity contribution < 1.29 is 9.53 Å². The third kappa shape index (κ3) is 3.58. The fraction of sp³-hybridized carbons (Fsp3) is 0.667. The van der Waals surface area contributed by atoms with E-state index < -0.39 is 5.97 Å². The van der Waals surface area contributed by atoms with Crippen molar-refractivity contribution in [2.75, 3.05) is 38.6 Å². The number of carbonyl (C=O) groups is 1. The van der Waals surface area contributed by atoms with Gasteiger partial charge < -0.3 is 15.0 Å². The van der Waals surface area contributed by atoms with Crippen molar-refractivity contribution in [3.63, 3.8) is 0 Å². The minimum Gasteiger partial charge on any atom is -0.465 e. The molecule has 1 unspecified atom stereocenters. The summed E-state index contributed by atoms with van der Waals surface area (Å²) in [7, 11) is 1.34. The molecule has 19 heavy (non-hydrogen) atoms. The van der Waals surface area contributed by atoms with Crippen LogP contribution in [0.15, 0.2) is 0 Å². The number of methoxy groups -OCH3 is 1. The molecule has 1 aromatic rings. The van der Waals surface area contributed by atoms with Gasteiger partial charge >= 0.3 is 5.97 Å². The van der Waals surface area contributed by atoms with E-state index in [1.54, 1.807) is 0 Å². The zero-order valence-electron chi connectivity index (χ0n) is 11.1. The van der Waals surface area contributed by atoms with Gasteiger partial charge in [0.1, 0.15) is 0 Å². The standard InChI is InChI=1S/C12H18ClN3O2S/c1-3-16-5-4-8(7-16)6-14-12-15-10(13)9(19-12)11(17)18-2/h8H,3-7H2,1-2H3,(H,14,15).